The zero-order valence-electron chi connectivity index (χ0n) is 17.0. The van der Waals surface area contributed by atoms with Crippen LogP contribution in [0.15, 0.2) is 76.7 Å². The summed E-state index contributed by atoms with van der Waals surface area (Å²) in [7, 11) is 0. The summed E-state index contributed by atoms with van der Waals surface area (Å²) in [5.41, 5.74) is 4.05. The van der Waals surface area contributed by atoms with Crippen molar-refractivity contribution in [2.75, 3.05) is 0 Å². The number of rotatable bonds is 4. The Morgan fingerprint density at radius 3 is 2.55 bits per heavy atom. The van der Waals surface area contributed by atoms with Gasteiger partial charge in [-0.05, 0) is 54.8 Å². The number of halogens is 1. The van der Waals surface area contributed by atoms with Crippen LogP contribution in [0.25, 0.3) is 22.4 Å². The van der Waals surface area contributed by atoms with E-state index in [2.05, 4.69) is 10.2 Å². The van der Waals surface area contributed by atoms with Gasteiger partial charge in [0.25, 0.3) is 5.56 Å². The van der Waals surface area contributed by atoms with Crippen molar-refractivity contribution < 1.29 is 4.39 Å². The second-order valence-corrected chi connectivity index (χ2v) is 8.32. The molecule has 0 saturated carbocycles. The molecule has 5 nitrogen and oxygen atoms in total. The Balaban J connectivity index is 1.76. The molecular formula is C24H19FN4OS. The second kappa shape index (κ2) is 7.67. The fraction of sp³-hybridized carbons (Fsp3) is 0.125. The molecule has 0 radical (unpaired) electrons. The molecule has 0 unspecified atom stereocenters. The van der Waals surface area contributed by atoms with E-state index in [4.69, 9.17) is 0 Å². The number of hydrogen-bond donors (Lipinski definition) is 0. The molecule has 0 aliphatic rings. The highest BCUT2D eigenvalue weighted by atomic mass is 32.2. The standard InChI is InChI=1S/C24H19FN4OS/c1-15-8-7-13-20(16(15)2)28-22(30)18-10-4-6-12-21(18)29-23(28)26-27-24(29)31-14-17-9-3-5-11-19(17)25/h3-13H,14H2,1-2H3. The summed E-state index contributed by atoms with van der Waals surface area (Å²) >= 11 is 1.39. The van der Waals surface area contributed by atoms with Gasteiger partial charge in [-0.2, -0.15) is 0 Å². The average Bonchev–Trinajstić information content (AvgIpc) is 3.20. The highest BCUT2D eigenvalue weighted by molar-refractivity contribution is 7.98. The molecule has 2 heterocycles. The molecule has 0 spiro atoms. The third-order valence-electron chi connectivity index (χ3n) is 5.53. The molecule has 0 atom stereocenters. The van der Waals surface area contributed by atoms with Crippen molar-refractivity contribution in [3.63, 3.8) is 0 Å². The average molecular weight is 431 g/mol. The van der Waals surface area contributed by atoms with E-state index < -0.39 is 0 Å². The fourth-order valence-electron chi connectivity index (χ4n) is 3.72. The molecule has 0 bridgehead atoms. The van der Waals surface area contributed by atoms with Gasteiger partial charge in [0.05, 0.1) is 16.6 Å². The minimum Gasteiger partial charge on any atom is -0.268 e. The molecule has 3 aromatic carbocycles. The topological polar surface area (TPSA) is 52.2 Å². The number of thioether (sulfide) groups is 1. The first-order valence-electron chi connectivity index (χ1n) is 9.88. The number of aryl methyl sites for hydroxylation is 1. The lowest BCUT2D eigenvalue weighted by atomic mass is 10.1. The predicted molar refractivity (Wildman–Crippen MR) is 122 cm³/mol. The maximum atomic E-state index is 14.1. The van der Waals surface area contributed by atoms with Crippen LogP contribution in [0.1, 0.15) is 16.7 Å². The van der Waals surface area contributed by atoms with Crippen molar-refractivity contribution in [2.45, 2.75) is 24.8 Å². The molecule has 0 saturated heterocycles. The number of hydrogen-bond acceptors (Lipinski definition) is 4. The van der Waals surface area contributed by atoms with Gasteiger partial charge in [-0.15, -0.1) is 10.2 Å². The van der Waals surface area contributed by atoms with E-state index in [1.807, 2.05) is 66.8 Å². The Morgan fingerprint density at radius 1 is 0.935 bits per heavy atom. The van der Waals surface area contributed by atoms with E-state index >= 15 is 0 Å². The Kier molecular flexibility index (Phi) is 4.82. The van der Waals surface area contributed by atoms with E-state index in [9.17, 15) is 9.18 Å². The smallest absolute Gasteiger partial charge is 0.267 e. The lowest BCUT2D eigenvalue weighted by Gasteiger charge is -2.14. The minimum atomic E-state index is -0.249. The summed E-state index contributed by atoms with van der Waals surface area (Å²) in [6.45, 7) is 4.01. The zero-order valence-corrected chi connectivity index (χ0v) is 17.9. The third-order valence-corrected chi connectivity index (χ3v) is 6.50. The fourth-order valence-corrected chi connectivity index (χ4v) is 4.65. The predicted octanol–water partition coefficient (Wildman–Crippen LogP) is 5.08. The molecule has 0 aliphatic heterocycles. The maximum Gasteiger partial charge on any atom is 0.267 e. The van der Waals surface area contributed by atoms with Crippen molar-refractivity contribution >= 4 is 28.4 Å². The first-order chi connectivity index (χ1) is 15.1. The van der Waals surface area contributed by atoms with Crippen molar-refractivity contribution in [1.29, 1.82) is 0 Å². The molecule has 5 aromatic rings. The zero-order chi connectivity index (χ0) is 21.5. The Morgan fingerprint density at radius 2 is 1.71 bits per heavy atom. The van der Waals surface area contributed by atoms with E-state index in [1.54, 1.807) is 16.7 Å². The highest BCUT2D eigenvalue weighted by Crippen LogP contribution is 2.27. The molecular weight excluding hydrogens is 411 g/mol. The van der Waals surface area contributed by atoms with Crippen LogP contribution in [0.4, 0.5) is 4.39 Å². The van der Waals surface area contributed by atoms with Crippen molar-refractivity contribution in [2.24, 2.45) is 0 Å². The molecule has 154 valence electrons. The monoisotopic (exact) mass is 430 g/mol. The van der Waals surface area contributed by atoms with Crippen LogP contribution in [-0.2, 0) is 5.75 Å². The van der Waals surface area contributed by atoms with E-state index in [0.717, 1.165) is 22.3 Å². The molecule has 31 heavy (non-hydrogen) atoms. The molecule has 0 N–H and O–H groups in total. The van der Waals surface area contributed by atoms with Gasteiger partial charge >= 0.3 is 0 Å². The quantitative estimate of drug-likeness (QED) is 0.373. The molecule has 2 aromatic heterocycles. The van der Waals surface area contributed by atoms with Crippen molar-refractivity contribution in [3.05, 3.63) is 99.6 Å². The van der Waals surface area contributed by atoms with Crippen LogP contribution in [0.3, 0.4) is 0 Å². The molecule has 7 heteroatoms. The van der Waals surface area contributed by atoms with Crippen LogP contribution in [0, 0.1) is 19.7 Å². The summed E-state index contributed by atoms with van der Waals surface area (Å²) in [6, 6.07) is 20.0. The SMILES string of the molecule is Cc1cccc(-n2c(=O)c3ccccc3n3c(SCc4ccccc4F)nnc23)c1C. The highest BCUT2D eigenvalue weighted by Gasteiger charge is 2.19. The van der Waals surface area contributed by atoms with Crippen LogP contribution in [0.5, 0.6) is 0 Å². The van der Waals surface area contributed by atoms with Gasteiger partial charge in [0.15, 0.2) is 5.16 Å². The summed E-state index contributed by atoms with van der Waals surface area (Å²) in [4.78, 5) is 13.5. The van der Waals surface area contributed by atoms with Gasteiger partial charge < -0.3 is 0 Å². The van der Waals surface area contributed by atoms with Crippen LogP contribution in [0.2, 0.25) is 0 Å². The van der Waals surface area contributed by atoms with Gasteiger partial charge in [-0.3, -0.25) is 9.20 Å². The van der Waals surface area contributed by atoms with Gasteiger partial charge in [0.1, 0.15) is 5.82 Å². The van der Waals surface area contributed by atoms with Crippen LogP contribution in [-0.4, -0.2) is 19.2 Å². The summed E-state index contributed by atoms with van der Waals surface area (Å²) < 4.78 is 17.6. The number of aromatic nitrogens is 4. The Labute approximate surface area is 182 Å². The first kappa shape index (κ1) is 19.5. The van der Waals surface area contributed by atoms with E-state index in [-0.39, 0.29) is 11.4 Å². The second-order valence-electron chi connectivity index (χ2n) is 7.37. The van der Waals surface area contributed by atoms with Crippen LogP contribution >= 0.6 is 11.8 Å². The van der Waals surface area contributed by atoms with Crippen molar-refractivity contribution in [3.8, 4) is 5.69 Å². The number of nitrogens with zero attached hydrogens (tertiary/aromatic N) is 4. The molecule has 0 fully saturated rings. The summed E-state index contributed by atoms with van der Waals surface area (Å²) in [6.07, 6.45) is 0. The van der Waals surface area contributed by atoms with Crippen molar-refractivity contribution in [1.82, 2.24) is 19.2 Å². The molecule has 0 amide bonds. The molecule has 0 aliphatic carbocycles. The first-order valence-corrected chi connectivity index (χ1v) is 10.9. The van der Waals surface area contributed by atoms with Gasteiger partial charge in [-0.25, -0.2) is 8.96 Å². The van der Waals surface area contributed by atoms with E-state index in [1.165, 1.54) is 17.8 Å². The Bertz CT molecular complexity index is 1510. The number of benzene rings is 3. The van der Waals surface area contributed by atoms with Gasteiger partial charge in [0, 0.05) is 5.75 Å². The maximum absolute atomic E-state index is 14.1. The number of para-hydroxylation sites is 1. The van der Waals surface area contributed by atoms with E-state index in [0.29, 0.717) is 27.6 Å². The number of fused-ring (bicyclic) bond motifs is 3. The molecule has 5 rings (SSSR count). The largest absolute Gasteiger partial charge is 0.268 e. The summed E-state index contributed by atoms with van der Waals surface area (Å²) in [5.74, 6) is 0.596. The third kappa shape index (κ3) is 3.21. The van der Waals surface area contributed by atoms with Gasteiger partial charge in [0.2, 0.25) is 5.78 Å². The normalized spacial score (nSPS) is 11.5. The summed E-state index contributed by atoms with van der Waals surface area (Å²) in [5, 5.41) is 9.91. The lowest BCUT2D eigenvalue weighted by molar-refractivity contribution is 0.617. The van der Waals surface area contributed by atoms with Gasteiger partial charge in [-0.1, -0.05) is 54.2 Å². The Hall–Kier alpha value is -3.45. The minimum absolute atomic E-state index is 0.144. The lowest BCUT2D eigenvalue weighted by Crippen LogP contribution is -2.22. The van der Waals surface area contributed by atoms with Crippen LogP contribution < -0.4 is 5.56 Å².